The molecule has 3 rings (SSSR count). The summed E-state index contributed by atoms with van der Waals surface area (Å²) < 4.78 is 11.4. The lowest BCUT2D eigenvalue weighted by molar-refractivity contribution is 0.174. The van der Waals surface area contributed by atoms with Gasteiger partial charge in [-0.25, -0.2) is 4.98 Å². The van der Waals surface area contributed by atoms with Gasteiger partial charge in [0, 0.05) is 0 Å². The molecule has 2 heterocycles. The van der Waals surface area contributed by atoms with Gasteiger partial charge in [0.05, 0.1) is 12.2 Å². The molecular formula is C11H10BrN3O2. The minimum atomic E-state index is -0.309. The Kier molecular flexibility index (Phi) is 2.53. The summed E-state index contributed by atoms with van der Waals surface area (Å²) in [5.74, 6) is 2.18. The van der Waals surface area contributed by atoms with Crippen LogP contribution in [0.5, 0.6) is 11.5 Å². The molecule has 88 valence electrons. The zero-order valence-corrected chi connectivity index (χ0v) is 10.4. The van der Waals surface area contributed by atoms with E-state index in [9.17, 15) is 0 Å². The minimum absolute atomic E-state index is 0.264. The molecule has 0 spiro atoms. The Morgan fingerprint density at radius 1 is 1.35 bits per heavy atom. The second kappa shape index (κ2) is 4.05. The van der Waals surface area contributed by atoms with Crippen LogP contribution in [0.2, 0.25) is 0 Å². The Bertz CT molecular complexity index is 555. The number of hydrogen-bond acceptors (Lipinski definition) is 4. The first-order valence-corrected chi connectivity index (χ1v) is 5.89. The van der Waals surface area contributed by atoms with Gasteiger partial charge < -0.3 is 20.2 Å². The Morgan fingerprint density at radius 3 is 2.94 bits per heavy atom. The fraction of sp³-hybridized carbons (Fsp3) is 0.182. The van der Waals surface area contributed by atoms with E-state index >= 15 is 0 Å². The number of halogens is 1. The van der Waals surface area contributed by atoms with Gasteiger partial charge in [0.25, 0.3) is 0 Å². The molecule has 5 nitrogen and oxygen atoms in total. The molecule has 0 saturated carbocycles. The zero-order chi connectivity index (χ0) is 11.8. The second-order valence-corrected chi connectivity index (χ2v) is 4.56. The Hall–Kier alpha value is -1.53. The smallest absolute Gasteiger partial charge is 0.231 e. The van der Waals surface area contributed by atoms with Gasteiger partial charge in [-0.05, 0) is 33.6 Å². The van der Waals surface area contributed by atoms with Crippen molar-refractivity contribution in [3.05, 3.63) is 40.4 Å². The number of nitrogens with one attached hydrogen (secondary N) is 1. The Labute approximate surface area is 106 Å². The first-order valence-electron chi connectivity index (χ1n) is 5.09. The first-order chi connectivity index (χ1) is 8.24. The summed E-state index contributed by atoms with van der Waals surface area (Å²) >= 11 is 3.30. The highest BCUT2D eigenvalue weighted by atomic mass is 79.9. The van der Waals surface area contributed by atoms with Gasteiger partial charge in [0.1, 0.15) is 10.4 Å². The lowest BCUT2D eigenvalue weighted by atomic mass is 10.1. The molecule has 17 heavy (non-hydrogen) atoms. The van der Waals surface area contributed by atoms with Crippen LogP contribution in [0, 0.1) is 0 Å². The van der Waals surface area contributed by atoms with Crippen LogP contribution < -0.4 is 15.2 Å². The molecular weight excluding hydrogens is 286 g/mol. The average molecular weight is 296 g/mol. The first kappa shape index (κ1) is 10.6. The van der Waals surface area contributed by atoms with Crippen molar-refractivity contribution in [2.45, 2.75) is 6.04 Å². The normalized spacial score (nSPS) is 14.9. The third-order valence-electron chi connectivity index (χ3n) is 2.61. The highest BCUT2D eigenvalue weighted by Gasteiger charge is 2.18. The Morgan fingerprint density at radius 2 is 2.18 bits per heavy atom. The van der Waals surface area contributed by atoms with Crippen molar-refractivity contribution in [3.8, 4) is 11.5 Å². The lowest BCUT2D eigenvalue weighted by Crippen LogP contribution is -2.13. The largest absolute Gasteiger partial charge is 0.454 e. The quantitative estimate of drug-likeness (QED) is 0.888. The summed E-state index contributed by atoms with van der Waals surface area (Å²) in [7, 11) is 0. The molecule has 1 unspecified atom stereocenters. The van der Waals surface area contributed by atoms with Crippen molar-refractivity contribution in [1.82, 2.24) is 9.97 Å². The van der Waals surface area contributed by atoms with Gasteiger partial charge in [-0.15, -0.1) is 0 Å². The number of rotatable bonds is 2. The van der Waals surface area contributed by atoms with Crippen LogP contribution in [-0.4, -0.2) is 16.8 Å². The molecule has 2 aromatic rings. The second-order valence-electron chi connectivity index (χ2n) is 3.71. The van der Waals surface area contributed by atoms with E-state index in [-0.39, 0.29) is 12.8 Å². The molecule has 0 saturated heterocycles. The SMILES string of the molecule is NC(c1ccc2c(c1)OCO2)c1ncc(Br)[nH]1. The maximum absolute atomic E-state index is 6.11. The fourth-order valence-electron chi connectivity index (χ4n) is 1.74. The number of benzene rings is 1. The van der Waals surface area contributed by atoms with Gasteiger partial charge in [0.2, 0.25) is 6.79 Å². The van der Waals surface area contributed by atoms with Crippen molar-refractivity contribution in [2.75, 3.05) is 6.79 Å². The van der Waals surface area contributed by atoms with Crippen LogP contribution in [0.4, 0.5) is 0 Å². The lowest BCUT2D eigenvalue weighted by Gasteiger charge is -2.09. The predicted molar refractivity (Wildman–Crippen MR) is 64.9 cm³/mol. The highest BCUT2D eigenvalue weighted by Crippen LogP contribution is 2.34. The number of aromatic amines is 1. The molecule has 0 amide bonds. The van der Waals surface area contributed by atoms with E-state index in [1.165, 1.54) is 0 Å². The number of fused-ring (bicyclic) bond motifs is 1. The van der Waals surface area contributed by atoms with Crippen LogP contribution in [-0.2, 0) is 0 Å². The standard InChI is InChI=1S/C11H10BrN3O2/c12-9-4-14-11(15-9)10(13)6-1-2-7-8(3-6)17-5-16-7/h1-4,10H,5,13H2,(H,14,15). The average Bonchev–Trinajstić information content (AvgIpc) is 2.95. The molecule has 1 aromatic carbocycles. The van der Waals surface area contributed by atoms with Crippen LogP contribution in [0.1, 0.15) is 17.4 Å². The van der Waals surface area contributed by atoms with Crippen LogP contribution >= 0.6 is 15.9 Å². The van der Waals surface area contributed by atoms with Crippen molar-refractivity contribution < 1.29 is 9.47 Å². The molecule has 3 N–H and O–H groups in total. The monoisotopic (exact) mass is 295 g/mol. The number of nitrogens with zero attached hydrogens (tertiary/aromatic N) is 1. The molecule has 0 radical (unpaired) electrons. The van der Waals surface area contributed by atoms with E-state index in [1.54, 1.807) is 6.20 Å². The van der Waals surface area contributed by atoms with Gasteiger partial charge in [-0.1, -0.05) is 6.07 Å². The number of imidazole rings is 1. The van der Waals surface area contributed by atoms with Crippen molar-refractivity contribution >= 4 is 15.9 Å². The van der Waals surface area contributed by atoms with Gasteiger partial charge in [0.15, 0.2) is 11.5 Å². The number of nitrogens with two attached hydrogens (primary N) is 1. The molecule has 6 heteroatoms. The van der Waals surface area contributed by atoms with E-state index in [0.29, 0.717) is 5.82 Å². The van der Waals surface area contributed by atoms with Crippen molar-refractivity contribution in [2.24, 2.45) is 5.73 Å². The van der Waals surface area contributed by atoms with Crippen LogP contribution in [0.25, 0.3) is 0 Å². The maximum Gasteiger partial charge on any atom is 0.231 e. The summed E-state index contributed by atoms with van der Waals surface area (Å²) in [4.78, 5) is 7.24. The molecule has 1 aromatic heterocycles. The van der Waals surface area contributed by atoms with Gasteiger partial charge >= 0.3 is 0 Å². The molecule has 0 fully saturated rings. The summed E-state index contributed by atoms with van der Waals surface area (Å²) in [5.41, 5.74) is 7.04. The van der Waals surface area contributed by atoms with E-state index < -0.39 is 0 Å². The third-order valence-corrected chi connectivity index (χ3v) is 3.02. The van der Waals surface area contributed by atoms with Gasteiger partial charge in [-0.2, -0.15) is 0 Å². The summed E-state index contributed by atoms with van der Waals surface area (Å²) in [5, 5.41) is 0. The van der Waals surface area contributed by atoms with E-state index in [2.05, 4.69) is 25.9 Å². The summed E-state index contributed by atoms with van der Waals surface area (Å²) in [6.45, 7) is 0.264. The number of hydrogen-bond donors (Lipinski definition) is 2. The van der Waals surface area contributed by atoms with Crippen LogP contribution in [0.3, 0.4) is 0 Å². The maximum atomic E-state index is 6.11. The van der Waals surface area contributed by atoms with Gasteiger partial charge in [-0.3, -0.25) is 0 Å². The third kappa shape index (κ3) is 1.89. The summed E-state index contributed by atoms with van der Waals surface area (Å²) in [6, 6.07) is 5.34. The molecule has 0 bridgehead atoms. The topological polar surface area (TPSA) is 73.2 Å². The number of ether oxygens (including phenoxy) is 2. The number of H-pyrrole nitrogens is 1. The molecule has 1 aliphatic heterocycles. The van der Waals surface area contributed by atoms with E-state index in [1.807, 2.05) is 18.2 Å². The summed E-state index contributed by atoms with van der Waals surface area (Å²) in [6.07, 6.45) is 1.68. The molecule has 1 atom stereocenters. The van der Waals surface area contributed by atoms with Crippen molar-refractivity contribution in [1.29, 1.82) is 0 Å². The zero-order valence-electron chi connectivity index (χ0n) is 8.81. The molecule has 0 aliphatic carbocycles. The van der Waals surface area contributed by atoms with E-state index in [0.717, 1.165) is 21.7 Å². The van der Waals surface area contributed by atoms with E-state index in [4.69, 9.17) is 15.2 Å². The Balaban J connectivity index is 1.94. The van der Waals surface area contributed by atoms with Crippen molar-refractivity contribution in [3.63, 3.8) is 0 Å². The highest BCUT2D eigenvalue weighted by molar-refractivity contribution is 9.10. The molecule has 1 aliphatic rings. The minimum Gasteiger partial charge on any atom is -0.454 e. The predicted octanol–water partition coefficient (Wildman–Crippen LogP) is 1.95. The fourth-order valence-corrected chi connectivity index (χ4v) is 2.04. The number of aromatic nitrogens is 2. The van der Waals surface area contributed by atoms with Crippen LogP contribution in [0.15, 0.2) is 29.0 Å².